The predicted molar refractivity (Wildman–Crippen MR) is 48.6 cm³/mol. The summed E-state index contributed by atoms with van der Waals surface area (Å²) in [5.41, 5.74) is 5.72. The van der Waals surface area contributed by atoms with Crippen molar-refractivity contribution in [2.75, 3.05) is 6.54 Å². The third-order valence-electron chi connectivity index (χ3n) is 3.24. The summed E-state index contributed by atoms with van der Waals surface area (Å²) in [6.07, 6.45) is 1.57. The van der Waals surface area contributed by atoms with Crippen LogP contribution in [0.5, 0.6) is 0 Å². The molecule has 5 heteroatoms. The van der Waals surface area contributed by atoms with Crippen molar-refractivity contribution < 1.29 is 9.18 Å². The highest BCUT2D eigenvalue weighted by Crippen LogP contribution is 2.35. The first kappa shape index (κ1) is 9.15. The van der Waals surface area contributed by atoms with E-state index in [4.69, 9.17) is 5.73 Å². The highest BCUT2D eigenvalue weighted by atomic mass is 19.1. The topological polar surface area (TPSA) is 46.3 Å². The number of piperidine rings is 2. The van der Waals surface area contributed by atoms with Gasteiger partial charge in [0.2, 0.25) is 0 Å². The van der Waals surface area contributed by atoms with Crippen LogP contribution in [-0.2, 0) is 4.79 Å². The van der Waals surface area contributed by atoms with Crippen molar-refractivity contribution in [2.45, 2.75) is 31.1 Å². The summed E-state index contributed by atoms with van der Waals surface area (Å²) in [4.78, 5) is 12.1. The third kappa shape index (κ3) is 1.40. The summed E-state index contributed by atoms with van der Waals surface area (Å²) in [6.45, 7) is 0.741. The van der Waals surface area contributed by atoms with E-state index >= 15 is 0 Å². The maximum atomic E-state index is 13.5. The Morgan fingerprint density at radius 2 is 2.31 bits per heavy atom. The van der Waals surface area contributed by atoms with E-state index < -0.39 is 6.17 Å². The number of hydrogen-bond donors (Lipinski definition) is 1. The lowest BCUT2D eigenvalue weighted by molar-refractivity contribution is 0.0153. The predicted octanol–water partition coefficient (Wildman–Crippen LogP) is -0.445. The minimum absolute atomic E-state index is 0.162. The Balaban J connectivity index is 2.09. The van der Waals surface area contributed by atoms with Crippen molar-refractivity contribution >= 4 is 13.6 Å². The lowest BCUT2D eigenvalue weighted by atomic mass is 9.71. The van der Waals surface area contributed by atoms with Crippen molar-refractivity contribution in [3.05, 3.63) is 0 Å². The lowest BCUT2D eigenvalue weighted by Crippen LogP contribution is -2.64. The number of carbonyl (C=O) groups is 1. The summed E-state index contributed by atoms with van der Waals surface area (Å²) >= 11 is 0. The van der Waals surface area contributed by atoms with Gasteiger partial charge in [-0.05, 0) is 25.3 Å². The van der Waals surface area contributed by atoms with Gasteiger partial charge >= 0.3 is 0 Å². The molecule has 2 bridgehead atoms. The number of halogens is 1. The second-order valence-corrected chi connectivity index (χ2v) is 3.91. The van der Waals surface area contributed by atoms with Gasteiger partial charge in [-0.1, -0.05) is 0 Å². The van der Waals surface area contributed by atoms with Gasteiger partial charge in [-0.25, -0.2) is 4.39 Å². The number of nitrogens with two attached hydrogens (primary N) is 1. The Labute approximate surface area is 77.7 Å². The van der Waals surface area contributed by atoms with E-state index in [9.17, 15) is 9.18 Å². The summed E-state index contributed by atoms with van der Waals surface area (Å²) in [5, 5.41) is 0. The van der Waals surface area contributed by atoms with Crippen LogP contribution in [-0.4, -0.2) is 43.2 Å². The first-order chi connectivity index (χ1) is 6.24. The molecule has 0 aromatic rings. The van der Waals surface area contributed by atoms with Crippen LogP contribution in [0.25, 0.3) is 0 Å². The van der Waals surface area contributed by atoms with Gasteiger partial charge in [0.1, 0.15) is 6.17 Å². The molecular weight excluding hydrogens is 170 g/mol. The molecule has 1 radical (unpaired) electrons. The number of alkyl halides is 1. The molecule has 1 aliphatic carbocycles. The Bertz CT molecular complexity index is 214. The van der Waals surface area contributed by atoms with E-state index in [1.54, 1.807) is 4.81 Å². The minimum Gasteiger partial charge on any atom is -0.334 e. The van der Waals surface area contributed by atoms with Gasteiger partial charge in [0.25, 0.3) is 7.41 Å². The van der Waals surface area contributed by atoms with E-state index in [-0.39, 0.29) is 18.0 Å². The molecule has 0 amide bonds. The van der Waals surface area contributed by atoms with E-state index in [1.807, 2.05) is 0 Å². The number of fused-ring (bicyclic) bond motifs is 3. The summed E-state index contributed by atoms with van der Waals surface area (Å²) in [6, 6.07) is -0.486. The largest absolute Gasteiger partial charge is 0.334 e. The molecular formula is C8H13BFN2O. The molecule has 2 aliphatic heterocycles. The van der Waals surface area contributed by atoms with Crippen LogP contribution < -0.4 is 5.73 Å². The third-order valence-corrected chi connectivity index (χ3v) is 3.24. The Kier molecular flexibility index (Phi) is 2.38. The average Bonchev–Trinajstić information content (AvgIpc) is 2.14. The van der Waals surface area contributed by atoms with E-state index in [1.165, 1.54) is 7.41 Å². The molecule has 3 aliphatic rings. The molecule has 2 N–H and O–H groups in total. The monoisotopic (exact) mass is 183 g/mol. The SMILES string of the molecule is N[C@@H]1C2CCC([C@@H]1F)N([B]C=O)C2. The quantitative estimate of drug-likeness (QED) is 0.466. The zero-order chi connectivity index (χ0) is 9.42. The van der Waals surface area contributed by atoms with E-state index in [0.717, 1.165) is 25.6 Å². The lowest BCUT2D eigenvalue weighted by Gasteiger charge is -2.50. The number of nitrogens with zero attached hydrogens (tertiary/aromatic N) is 1. The summed E-state index contributed by atoms with van der Waals surface area (Å²) in [7, 11) is 1.44. The molecule has 2 heterocycles. The maximum Gasteiger partial charge on any atom is 0.293 e. The van der Waals surface area contributed by atoms with Crippen LogP contribution in [0.3, 0.4) is 0 Å². The molecule has 71 valence electrons. The fourth-order valence-electron chi connectivity index (χ4n) is 2.47. The van der Waals surface area contributed by atoms with Crippen LogP contribution in [0.4, 0.5) is 4.39 Å². The number of carbonyl (C=O) groups excluding carboxylic acids is 1. The van der Waals surface area contributed by atoms with Crippen molar-refractivity contribution in [3.63, 3.8) is 0 Å². The zero-order valence-corrected chi connectivity index (χ0v) is 7.40. The molecule has 0 aromatic carbocycles. The van der Waals surface area contributed by atoms with Crippen molar-refractivity contribution in [1.82, 2.24) is 4.81 Å². The number of hydrogen-bond acceptors (Lipinski definition) is 3. The second-order valence-electron chi connectivity index (χ2n) is 3.91. The standard InChI is InChI=1S/C8H13BFN2O/c10-7-6-2-1-5(8(7)11)3-12(6)9-4-13/h4-8H,1-3,11H2/t5?,6?,7-,8+/m0/s1. The first-order valence-electron chi connectivity index (χ1n) is 4.68. The highest BCUT2D eigenvalue weighted by molar-refractivity contribution is 6.64. The van der Waals surface area contributed by atoms with Gasteiger partial charge in [0, 0.05) is 12.1 Å². The molecule has 2 saturated heterocycles. The van der Waals surface area contributed by atoms with E-state index in [2.05, 4.69) is 0 Å². The average molecular weight is 183 g/mol. The maximum absolute atomic E-state index is 13.5. The van der Waals surface area contributed by atoms with Crippen molar-refractivity contribution in [3.8, 4) is 0 Å². The fourth-order valence-corrected chi connectivity index (χ4v) is 2.47. The molecule has 3 fully saturated rings. The molecule has 4 atom stereocenters. The molecule has 1 saturated carbocycles. The highest BCUT2D eigenvalue weighted by Gasteiger charge is 2.46. The molecule has 0 spiro atoms. The van der Waals surface area contributed by atoms with Gasteiger partial charge in [-0.2, -0.15) is 0 Å². The molecule has 13 heavy (non-hydrogen) atoms. The summed E-state index contributed by atoms with van der Waals surface area (Å²) in [5.74, 6) is 0.219. The Morgan fingerprint density at radius 1 is 1.54 bits per heavy atom. The van der Waals surface area contributed by atoms with Crippen molar-refractivity contribution in [2.24, 2.45) is 11.7 Å². The van der Waals surface area contributed by atoms with Crippen molar-refractivity contribution in [1.29, 1.82) is 0 Å². The van der Waals surface area contributed by atoms with Crippen LogP contribution >= 0.6 is 0 Å². The van der Waals surface area contributed by atoms with Gasteiger partial charge in [-0.15, -0.1) is 0 Å². The number of rotatable bonds is 2. The van der Waals surface area contributed by atoms with Crippen LogP contribution in [0.1, 0.15) is 12.8 Å². The van der Waals surface area contributed by atoms with Crippen LogP contribution in [0, 0.1) is 5.92 Å². The Morgan fingerprint density at radius 3 is 2.92 bits per heavy atom. The van der Waals surface area contributed by atoms with Gasteiger partial charge in [0.05, 0.1) is 6.19 Å². The Hall–Kier alpha value is -0.415. The van der Waals surface area contributed by atoms with Gasteiger partial charge < -0.3 is 15.3 Å². The van der Waals surface area contributed by atoms with Crippen LogP contribution in [0.2, 0.25) is 0 Å². The van der Waals surface area contributed by atoms with Gasteiger partial charge in [-0.3, -0.25) is 0 Å². The van der Waals surface area contributed by atoms with E-state index in [0.29, 0.717) is 0 Å². The molecule has 3 nitrogen and oxygen atoms in total. The molecule has 0 aromatic heterocycles. The first-order valence-corrected chi connectivity index (χ1v) is 4.68. The summed E-state index contributed by atoms with van der Waals surface area (Å²) < 4.78 is 13.5. The second kappa shape index (κ2) is 3.38. The zero-order valence-electron chi connectivity index (χ0n) is 7.40. The molecule has 2 unspecified atom stereocenters. The smallest absolute Gasteiger partial charge is 0.293 e. The van der Waals surface area contributed by atoms with Crippen LogP contribution in [0.15, 0.2) is 0 Å². The normalized spacial score (nSPS) is 44.8. The van der Waals surface area contributed by atoms with Gasteiger partial charge in [0.15, 0.2) is 0 Å². The minimum atomic E-state index is -0.969. The molecule has 3 rings (SSSR count). The fraction of sp³-hybridized carbons (Fsp3) is 0.875.